The minimum atomic E-state index is -0.727. The number of aliphatic hydroxyl groups excluding tert-OH is 1. The van der Waals surface area contributed by atoms with Gasteiger partial charge in [0.1, 0.15) is 11.6 Å². The molecular formula is C20H21ClFN5O3. The van der Waals surface area contributed by atoms with Crippen molar-refractivity contribution in [3.8, 4) is 22.6 Å². The Balaban J connectivity index is 2.05. The third-order valence-corrected chi connectivity index (χ3v) is 4.55. The van der Waals surface area contributed by atoms with Gasteiger partial charge in [-0.05, 0) is 59.7 Å². The lowest BCUT2D eigenvalue weighted by Gasteiger charge is -2.14. The number of tetrazole rings is 1. The Morgan fingerprint density at radius 1 is 1.33 bits per heavy atom. The lowest BCUT2D eigenvalue weighted by Crippen LogP contribution is -2.37. The second kappa shape index (κ2) is 9.64. The molecule has 0 spiro atoms. The molecule has 3 rings (SSSR count). The summed E-state index contributed by atoms with van der Waals surface area (Å²) < 4.78 is 20.4. The second-order valence-electron chi connectivity index (χ2n) is 6.71. The van der Waals surface area contributed by atoms with E-state index in [9.17, 15) is 9.18 Å². The lowest BCUT2D eigenvalue weighted by atomic mass is 10.0. The van der Waals surface area contributed by atoms with Crippen molar-refractivity contribution in [3.63, 3.8) is 0 Å². The minimum Gasteiger partial charge on any atom is -0.410 e. The van der Waals surface area contributed by atoms with Gasteiger partial charge in [0.2, 0.25) is 0 Å². The molecule has 2 aromatic carbocycles. The van der Waals surface area contributed by atoms with Gasteiger partial charge in [-0.15, -0.1) is 5.10 Å². The monoisotopic (exact) mass is 433 g/mol. The van der Waals surface area contributed by atoms with Gasteiger partial charge in [-0.25, -0.2) is 9.18 Å². The topological polar surface area (TPSA) is 102 Å². The Labute approximate surface area is 177 Å². The molecule has 0 bridgehead atoms. The lowest BCUT2D eigenvalue weighted by molar-refractivity contribution is 0.186. The van der Waals surface area contributed by atoms with Gasteiger partial charge in [-0.3, -0.25) is 0 Å². The average Bonchev–Trinajstić information content (AvgIpc) is 3.16. The fourth-order valence-corrected chi connectivity index (χ4v) is 3.09. The van der Waals surface area contributed by atoms with Gasteiger partial charge < -0.3 is 15.2 Å². The van der Waals surface area contributed by atoms with Gasteiger partial charge in [-0.2, -0.15) is 4.68 Å². The maximum atomic E-state index is 13.5. The van der Waals surface area contributed by atoms with Crippen LogP contribution in [-0.4, -0.2) is 44.1 Å². The van der Waals surface area contributed by atoms with Crippen molar-refractivity contribution in [2.75, 3.05) is 6.61 Å². The van der Waals surface area contributed by atoms with Crippen LogP contribution < -0.4 is 10.1 Å². The molecule has 0 aliphatic rings. The minimum absolute atomic E-state index is 0.210. The smallest absolute Gasteiger partial charge is 0.410 e. The zero-order valence-electron chi connectivity index (χ0n) is 16.5. The molecule has 0 aliphatic heterocycles. The van der Waals surface area contributed by atoms with Crippen LogP contribution in [0, 0.1) is 5.82 Å². The number of ether oxygens (including phenoxy) is 1. The first-order chi connectivity index (χ1) is 14.4. The van der Waals surface area contributed by atoms with Crippen LogP contribution in [0.2, 0.25) is 5.02 Å². The van der Waals surface area contributed by atoms with Crippen molar-refractivity contribution in [1.82, 2.24) is 25.5 Å². The van der Waals surface area contributed by atoms with Gasteiger partial charge in [0.15, 0.2) is 5.82 Å². The highest BCUT2D eigenvalue weighted by Gasteiger charge is 2.15. The molecule has 0 fully saturated rings. The van der Waals surface area contributed by atoms with E-state index in [0.29, 0.717) is 29.1 Å². The number of aromatic nitrogens is 4. The summed E-state index contributed by atoms with van der Waals surface area (Å²) in [7, 11) is 0. The summed E-state index contributed by atoms with van der Waals surface area (Å²) in [5.74, 6) is 0.395. The summed E-state index contributed by atoms with van der Waals surface area (Å²) in [5.41, 5.74) is 1.70. The van der Waals surface area contributed by atoms with Crippen LogP contribution in [0.15, 0.2) is 36.4 Å². The number of rotatable bonds is 7. The van der Waals surface area contributed by atoms with Gasteiger partial charge in [0.05, 0.1) is 23.4 Å². The molecule has 1 atom stereocenters. The molecule has 0 aliphatic carbocycles. The summed E-state index contributed by atoms with van der Waals surface area (Å²) in [6, 6.07) is 8.57. The molecule has 3 aromatic rings. The number of nitrogens with one attached hydrogen (secondary N) is 1. The van der Waals surface area contributed by atoms with Crippen LogP contribution >= 0.6 is 11.6 Å². The van der Waals surface area contributed by atoms with Gasteiger partial charge >= 0.3 is 6.09 Å². The van der Waals surface area contributed by atoms with Crippen LogP contribution in [-0.2, 0) is 6.42 Å². The summed E-state index contributed by atoms with van der Waals surface area (Å²) in [6.07, 6.45) is 0.767. The highest BCUT2D eigenvalue weighted by Crippen LogP contribution is 2.33. The molecule has 30 heavy (non-hydrogen) atoms. The first-order valence-corrected chi connectivity index (χ1v) is 9.76. The predicted molar refractivity (Wildman–Crippen MR) is 109 cm³/mol. The molecule has 0 radical (unpaired) electrons. The molecule has 0 saturated carbocycles. The Morgan fingerprint density at radius 3 is 2.83 bits per heavy atom. The van der Waals surface area contributed by atoms with Gasteiger partial charge in [0.25, 0.3) is 0 Å². The third kappa shape index (κ3) is 5.11. The summed E-state index contributed by atoms with van der Waals surface area (Å²) in [4.78, 5) is 12.1. The molecule has 158 valence electrons. The predicted octanol–water partition coefficient (Wildman–Crippen LogP) is 3.54. The molecule has 1 heterocycles. The number of hydrogen-bond donors (Lipinski definition) is 2. The fraction of sp³-hybridized carbons (Fsp3) is 0.300. The molecule has 2 N–H and O–H groups in total. The standard InChI is InChI=1S/C20H21ClFN5O3/c1-3-4-19-24-25-26-27(19)15-7-13(17-6-5-14(22)9-18(17)21)8-16(10-15)30-20(29)23-12(2)11-28/h5-10,12,28H,3-4,11H2,1-2H3,(H,23,29). The number of hydrogen-bond acceptors (Lipinski definition) is 6. The van der Waals surface area contributed by atoms with Crippen LogP contribution in [0.25, 0.3) is 16.8 Å². The van der Waals surface area contributed by atoms with Crippen LogP contribution in [0.5, 0.6) is 5.75 Å². The summed E-state index contributed by atoms with van der Waals surface area (Å²) in [5, 5.41) is 23.6. The van der Waals surface area contributed by atoms with E-state index >= 15 is 0 Å². The van der Waals surface area contributed by atoms with E-state index in [1.165, 1.54) is 12.1 Å². The van der Waals surface area contributed by atoms with E-state index in [1.54, 1.807) is 35.9 Å². The molecule has 1 unspecified atom stereocenters. The SMILES string of the molecule is CCCc1nnnn1-c1cc(OC(=O)NC(C)CO)cc(-c2ccc(F)cc2Cl)c1. The highest BCUT2D eigenvalue weighted by molar-refractivity contribution is 6.33. The average molecular weight is 434 g/mol. The fourth-order valence-electron chi connectivity index (χ4n) is 2.81. The summed E-state index contributed by atoms with van der Waals surface area (Å²) in [6.45, 7) is 3.42. The second-order valence-corrected chi connectivity index (χ2v) is 7.12. The maximum absolute atomic E-state index is 13.5. The van der Waals surface area contributed by atoms with Gasteiger partial charge in [-0.1, -0.05) is 18.5 Å². The number of halogens is 2. The quantitative estimate of drug-likeness (QED) is 0.590. The number of carbonyl (C=O) groups excluding carboxylic acids is 1. The van der Waals surface area contributed by atoms with E-state index in [-0.39, 0.29) is 17.4 Å². The van der Waals surface area contributed by atoms with Crippen molar-refractivity contribution in [3.05, 3.63) is 53.1 Å². The van der Waals surface area contributed by atoms with Crippen molar-refractivity contribution in [2.45, 2.75) is 32.7 Å². The van der Waals surface area contributed by atoms with E-state index in [4.69, 9.17) is 21.4 Å². The Morgan fingerprint density at radius 2 is 2.13 bits per heavy atom. The first kappa shape index (κ1) is 21.7. The Hall–Kier alpha value is -3.04. The van der Waals surface area contributed by atoms with Crippen LogP contribution in [0.1, 0.15) is 26.1 Å². The largest absolute Gasteiger partial charge is 0.412 e. The molecule has 10 heteroatoms. The number of carbonyl (C=O) groups is 1. The van der Waals surface area contributed by atoms with E-state index in [1.807, 2.05) is 6.92 Å². The number of benzene rings is 2. The Bertz CT molecular complexity index is 1040. The first-order valence-electron chi connectivity index (χ1n) is 9.38. The normalized spacial score (nSPS) is 11.9. The van der Waals surface area contributed by atoms with Crippen molar-refractivity contribution >= 4 is 17.7 Å². The molecule has 0 saturated heterocycles. The highest BCUT2D eigenvalue weighted by atomic mass is 35.5. The van der Waals surface area contributed by atoms with Crippen molar-refractivity contribution < 1.29 is 19.0 Å². The van der Waals surface area contributed by atoms with E-state index in [2.05, 4.69) is 20.8 Å². The zero-order valence-corrected chi connectivity index (χ0v) is 17.2. The van der Waals surface area contributed by atoms with Gasteiger partial charge in [0, 0.05) is 18.1 Å². The summed E-state index contributed by atoms with van der Waals surface area (Å²) >= 11 is 6.23. The number of amides is 1. The van der Waals surface area contributed by atoms with Crippen molar-refractivity contribution in [1.29, 1.82) is 0 Å². The third-order valence-electron chi connectivity index (χ3n) is 4.23. The van der Waals surface area contributed by atoms with Crippen LogP contribution in [0.4, 0.5) is 9.18 Å². The zero-order chi connectivity index (χ0) is 21.7. The molecule has 1 amide bonds. The number of aryl methyl sites for hydroxylation is 1. The molecule has 8 nitrogen and oxygen atoms in total. The van der Waals surface area contributed by atoms with E-state index < -0.39 is 18.0 Å². The Kier molecular flexibility index (Phi) is 6.96. The van der Waals surface area contributed by atoms with E-state index in [0.717, 1.165) is 6.42 Å². The van der Waals surface area contributed by atoms with Crippen LogP contribution in [0.3, 0.4) is 0 Å². The van der Waals surface area contributed by atoms with Crippen molar-refractivity contribution in [2.24, 2.45) is 0 Å². The molecular weight excluding hydrogens is 413 g/mol. The maximum Gasteiger partial charge on any atom is 0.412 e. The number of nitrogens with zero attached hydrogens (tertiary/aromatic N) is 4. The molecule has 1 aromatic heterocycles. The number of aliphatic hydroxyl groups is 1.